The van der Waals surface area contributed by atoms with Crippen LogP contribution in [0.5, 0.6) is 0 Å². The quantitative estimate of drug-likeness (QED) is 0.659. The molecule has 2 aromatic heterocycles. The molecule has 9 heteroatoms. The van der Waals surface area contributed by atoms with Crippen molar-refractivity contribution in [3.63, 3.8) is 0 Å². The number of hydrogen-bond donors (Lipinski definition) is 3. The summed E-state index contributed by atoms with van der Waals surface area (Å²) in [7, 11) is 0. The summed E-state index contributed by atoms with van der Waals surface area (Å²) in [6, 6.07) is 3.36. The normalized spacial score (nSPS) is 13.5. The monoisotopic (exact) mass is 309 g/mol. The summed E-state index contributed by atoms with van der Waals surface area (Å²) in [5.41, 5.74) is -2.01. The van der Waals surface area contributed by atoms with Crippen LogP contribution in [0.25, 0.3) is 11.6 Å². The predicted molar refractivity (Wildman–Crippen MR) is 71.6 cm³/mol. The fraction of sp³-hybridized carbons (Fsp3) is 0.385. The first-order chi connectivity index (χ1) is 10.4. The molecule has 1 unspecified atom stereocenters. The molecule has 3 N–H and O–H groups in total. The van der Waals surface area contributed by atoms with Gasteiger partial charge in [-0.3, -0.25) is 4.79 Å². The van der Waals surface area contributed by atoms with Crippen molar-refractivity contribution in [2.24, 2.45) is 0 Å². The number of hydrogen-bond acceptors (Lipinski definition) is 7. The van der Waals surface area contributed by atoms with E-state index in [9.17, 15) is 14.7 Å². The molecular formula is C13H15N3O6. The summed E-state index contributed by atoms with van der Waals surface area (Å²) >= 11 is 0. The molecule has 0 bridgehead atoms. The lowest BCUT2D eigenvalue weighted by molar-refractivity contribution is -0.156. The van der Waals surface area contributed by atoms with E-state index in [-0.39, 0.29) is 31.1 Å². The van der Waals surface area contributed by atoms with Gasteiger partial charge >= 0.3 is 5.97 Å². The van der Waals surface area contributed by atoms with E-state index < -0.39 is 17.5 Å². The SMILES string of the molecule is CC(O)(CNC(=O)CCc1nc(-c2ccco2)no1)C(=O)O. The Morgan fingerprint density at radius 3 is 2.86 bits per heavy atom. The van der Waals surface area contributed by atoms with Gasteiger partial charge in [0.05, 0.1) is 12.8 Å². The average Bonchev–Trinajstić information content (AvgIpc) is 3.13. The number of carboxylic acid groups (broad SMARTS) is 1. The van der Waals surface area contributed by atoms with E-state index in [1.165, 1.54) is 6.26 Å². The largest absolute Gasteiger partial charge is 0.479 e. The highest BCUT2D eigenvalue weighted by Gasteiger charge is 2.30. The number of aliphatic hydroxyl groups is 1. The molecule has 1 atom stereocenters. The molecule has 2 aromatic rings. The van der Waals surface area contributed by atoms with E-state index in [1.807, 2.05) is 0 Å². The lowest BCUT2D eigenvalue weighted by atomic mass is 10.1. The second-order valence-electron chi connectivity index (χ2n) is 4.84. The van der Waals surface area contributed by atoms with Gasteiger partial charge in [-0.2, -0.15) is 4.98 Å². The number of aryl methyl sites for hydroxylation is 1. The van der Waals surface area contributed by atoms with Crippen LogP contribution in [0.1, 0.15) is 19.2 Å². The summed E-state index contributed by atoms with van der Waals surface area (Å²) in [6.45, 7) is 0.714. The van der Waals surface area contributed by atoms with Gasteiger partial charge in [-0.05, 0) is 19.1 Å². The highest BCUT2D eigenvalue weighted by Crippen LogP contribution is 2.16. The first-order valence-electron chi connectivity index (χ1n) is 6.47. The van der Waals surface area contributed by atoms with E-state index in [0.717, 1.165) is 6.92 Å². The number of carbonyl (C=O) groups is 2. The lowest BCUT2D eigenvalue weighted by Gasteiger charge is -2.17. The van der Waals surface area contributed by atoms with Gasteiger partial charge in [-0.25, -0.2) is 4.79 Å². The van der Waals surface area contributed by atoms with Crippen LogP contribution in [0.15, 0.2) is 27.3 Å². The highest BCUT2D eigenvalue weighted by molar-refractivity contribution is 5.80. The van der Waals surface area contributed by atoms with Crippen molar-refractivity contribution in [1.29, 1.82) is 0 Å². The summed E-state index contributed by atoms with van der Waals surface area (Å²) in [4.78, 5) is 26.3. The fourth-order valence-electron chi connectivity index (χ4n) is 1.52. The number of nitrogens with zero attached hydrogens (tertiary/aromatic N) is 2. The van der Waals surface area contributed by atoms with Crippen LogP contribution in [0.4, 0.5) is 0 Å². The number of carboxylic acids is 1. The minimum Gasteiger partial charge on any atom is -0.479 e. The van der Waals surface area contributed by atoms with Gasteiger partial charge in [0.15, 0.2) is 11.4 Å². The Morgan fingerprint density at radius 1 is 1.45 bits per heavy atom. The zero-order valence-corrected chi connectivity index (χ0v) is 11.8. The molecule has 9 nitrogen and oxygen atoms in total. The van der Waals surface area contributed by atoms with Gasteiger partial charge in [0, 0.05) is 12.8 Å². The Labute approximate surface area is 124 Å². The Kier molecular flexibility index (Phi) is 4.56. The predicted octanol–water partition coefficient (Wildman–Crippen LogP) is 0.214. The third-order valence-corrected chi connectivity index (χ3v) is 2.87. The van der Waals surface area contributed by atoms with Crippen molar-refractivity contribution >= 4 is 11.9 Å². The molecule has 0 radical (unpaired) electrons. The molecule has 0 aliphatic rings. The smallest absolute Gasteiger partial charge is 0.337 e. The molecular weight excluding hydrogens is 294 g/mol. The Balaban J connectivity index is 1.81. The Bertz CT molecular complexity index is 647. The van der Waals surface area contributed by atoms with Gasteiger partial charge in [0.25, 0.3) is 0 Å². The highest BCUT2D eigenvalue weighted by atomic mass is 16.5. The van der Waals surface area contributed by atoms with Crippen molar-refractivity contribution < 1.29 is 28.7 Å². The van der Waals surface area contributed by atoms with Crippen molar-refractivity contribution in [1.82, 2.24) is 15.5 Å². The minimum atomic E-state index is -2.01. The van der Waals surface area contributed by atoms with Gasteiger partial charge in [-0.1, -0.05) is 5.16 Å². The molecule has 0 spiro atoms. The number of aliphatic carboxylic acids is 1. The Hall–Kier alpha value is -2.68. The van der Waals surface area contributed by atoms with Gasteiger partial charge in [0.2, 0.25) is 17.6 Å². The standard InChI is InChI=1S/C13H15N3O6/c1-13(20,12(18)19)7-14-9(17)4-5-10-15-11(16-22-10)8-3-2-6-21-8/h2-3,6,20H,4-5,7H2,1H3,(H,14,17)(H,18,19). The van der Waals surface area contributed by atoms with Crippen molar-refractivity contribution in [2.75, 3.05) is 6.54 Å². The van der Waals surface area contributed by atoms with Crippen LogP contribution in [0.3, 0.4) is 0 Å². The van der Waals surface area contributed by atoms with E-state index in [4.69, 9.17) is 14.0 Å². The average molecular weight is 309 g/mol. The van der Waals surface area contributed by atoms with Crippen LogP contribution < -0.4 is 5.32 Å². The van der Waals surface area contributed by atoms with Crippen LogP contribution >= 0.6 is 0 Å². The van der Waals surface area contributed by atoms with Crippen LogP contribution in [0.2, 0.25) is 0 Å². The number of rotatable bonds is 7. The first-order valence-corrected chi connectivity index (χ1v) is 6.47. The molecule has 118 valence electrons. The maximum Gasteiger partial charge on any atom is 0.337 e. The van der Waals surface area contributed by atoms with E-state index in [2.05, 4.69) is 15.5 Å². The number of amides is 1. The van der Waals surface area contributed by atoms with Crippen LogP contribution in [-0.4, -0.2) is 44.4 Å². The van der Waals surface area contributed by atoms with Gasteiger partial charge in [-0.15, -0.1) is 0 Å². The lowest BCUT2D eigenvalue weighted by Crippen LogP contribution is -2.46. The molecule has 0 saturated carbocycles. The number of carbonyl (C=O) groups excluding carboxylic acids is 1. The van der Waals surface area contributed by atoms with E-state index >= 15 is 0 Å². The topological polar surface area (TPSA) is 139 Å². The Morgan fingerprint density at radius 2 is 2.23 bits per heavy atom. The maximum atomic E-state index is 11.6. The molecule has 2 rings (SSSR count). The molecule has 0 fully saturated rings. The molecule has 22 heavy (non-hydrogen) atoms. The summed E-state index contributed by atoms with van der Waals surface area (Å²) in [5, 5.41) is 24.2. The van der Waals surface area contributed by atoms with Gasteiger partial charge in [0.1, 0.15) is 0 Å². The zero-order chi connectivity index (χ0) is 16.2. The van der Waals surface area contributed by atoms with Crippen LogP contribution in [-0.2, 0) is 16.0 Å². The summed E-state index contributed by atoms with van der Waals surface area (Å²) in [6.07, 6.45) is 1.69. The number of nitrogens with one attached hydrogen (secondary N) is 1. The molecule has 2 heterocycles. The van der Waals surface area contributed by atoms with E-state index in [1.54, 1.807) is 12.1 Å². The third kappa shape index (κ3) is 3.92. The second kappa shape index (κ2) is 6.39. The molecule has 0 saturated heterocycles. The molecule has 1 amide bonds. The zero-order valence-electron chi connectivity index (χ0n) is 11.8. The van der Waals surface area contributed by atoms with E-state index in [0.29, 0.717) is 5.76 Å². The number of aromatic nitrogens is 2. The molecule has 0 aromatic carbocycles. The number of furan rings is 1. The van der Waals surface area contributed by atoms with Crippen molar-refractivity contribution in [2.45, 2.75) is 25.4 Å². The van der Waals surface area contributed by atoms with Crippen molar-refractivity contribution in [3.8, 4) is 11.6 Å². The fourth-order valence-corrected chi connectivity index (χ4v) is 1.52. The molecule has 0 aliphatic carbocycles. The first kappa shape index (κ1) is 15.7. The minimum absolute atomic E-state index is 0.0233. The van der Waals surface area contributed by atoms with Crippen molar-refractivity contribution in [3.05, 3.63) is 24.3 Å². The van der Waals surface area contributed by atoms with Gasteiger partial charge < -0.3 is 24.5 Å². The molecule has 0 aliphatic heterocycles. The second-order valence-corrected chi connectivity index (χ2v) is 4.84. The maximum absolute atomic E-state index is 11.6. The summed E-state index contributed by atoms with van der Waals surface area (Å²) in [5.74, 6) is -0.843. The third-order valence-electron chi connectivity index (χ3n) is 2.87. The van der Waals surface area contributed by atoms with Crippen LogP contribution in [0, 0.1) is 0 Å². The summed E-state index contributed by atoms with van der Waals surface area (Å²) < 4.78 is 10.1.